The number of phenols is 1. The van der Waals surface area contributed by atoms with Gasteiger partial charge in [0.25, 0.3) is 0 Å². The standard InChI is InChI=1S/C20H32N4O2.C9H13N/c1-6-7-19(24-11-14(2)21-15(3)12-24)20(23(4)5)22-18-10-17(26)9-8-16(18)13-25;1-10-8-7-9-5-3-2-4-6-9/h8-10,13-15,19,21,26H,6-7,11-12H2,1-5H3;2-6,10H,7-8H2,1H3. The van der Waals surface area contributed by atoms with Gasteiger partial charge in [-0.05, 0) is 58.0 Å². The van der Waals surface area contributed by atoms with Gasteiger partial charge in [-0.2, -0.15) is 0 Å². The van der Waals surface area contributed by atoms with Crippen LogP contribution in [0.4, 0.5) is 5.69 Å². The van der Waals surface area contributed by atoms with E-state index < -0.39 is 0 Å². The molecule has 1 heterocycles. The number of aldehydes is 1. The van der Waals surface area contributed by atoms with Gasteiger partial charge in [-0.15, -0.1) is 0 Å². The predicted octanol–water partition coefficient (Wildman–Crippen LogP) is 4.10. The van der Waals surface area contributed by atoms with Gasteiger partial charge in [0.1, 0.15) is 11.6 Å². The van der Waals surface area contributed by atoms with Gasteiger partial charge in [-0.25, -0.2) is 4.99 Å². The third-order valence-electron chi connectivity index (χ3n) is 6.23. The number of aliphatic imine (C=N–C) groups is 1. The van der Waals surface area contributed by atoms with Crippen molar-refractivity contribution in [3.63, 3.8) is 0 Å². The highest BCUT2D eigenvalue weighted by Crippen LogP contribution is 2.25. The first-order valence-electron chi connectivity index (χ1n) is 13.0. The number of amidine groups is 1. The summed E-state index contributed by atoms with van der Waals surface area (Å²) in [6, 6.07) is 16.2. The van der Waals surface area contributed by atoms with Crippen LogP contribution in [0.2, 0.25) is 0 Å². The Balaban J connectivity index is 0.000000380. The lowest BCUT2D eigenvalue weighted by Crippen LogP contribution is -2.59. The minimum atomic E-state index is 0.115. The van der Waals surface area contributed by atoms with Crippen molar-refractivity contribution in [1.29, 1.82) is 0 Å². The van der Waals surface area contributed by atoms with Gasteiger partial charge in [0.15, 0.2) is 6.29 Å². The summed E-state index contributed by atoms with van der Waals surface area (Å²) in [5, 5.41) is 16.5. The molecule has 0 amide bonds. The van der Waals surface area contributed by atoms with E-state index >= 15 is 0 Å². The molecule has 3 rings (SSSR count). The zero-order chi connectivity index (χ0) is 26.5. The maximum atomic E-state index is 11.4. The van der Waals surface area contributed by atoms with Gasteiger partial charge in [0, 0.05) is 50.9 Å². The first kappa shape index (κ1) is 29.5. The van der Waals surface area contributed by atoms with E-state index in [0.29, 0.717) is 23.3 Å². The second-order valence-corrected chi connectivity index (χ2v) is 9.79. The zero-order valence-corrected chi connectivity index (χ0v) is 22.9. The molecule has 198 valence electrons. The molecule has 0 aromatic heterocycles. The molecule has 2 aromatic rings. The second-order valence-electron chi connectivity index (χ2n) is 9.79. The number of carbonyl (C=O) groups is 1. The van der Waals surface area contributed by atoms with Crippen LogP contribution in [0.3, 0.4) is 0 Å². The fraction of sp³-hybridized carbons (Fsp3) is 0.517. The van der Waals surface area contributed by atoms with Crippen LogP contribution in [-0.2, 0) is 6.42 Å². The van der Waals surface area contributed by atoms with Gasteiger partial charge < -0.3 is 20.6 Å². The van der Waals surface area contributed by atoms with Gasteiger partial charge in [-0.1, -0.05) is 43.7 Å². The highest BCUT2D eigenvalue weighted by Gasteiger charge is 2.30. The Morgan fingerprint density at radius 3 is 2.42 bits per heavy atom. The van der Waals surface area contributed by atoms with Crippen LogP contribution in [-0.4, -0.2) is 85.9 Å². The summed E-state index contributed by atoms with van der Waals surface area (Å²) in [7, 11) is 5.95. The van der Waals surface area contributed by atoms with E-state index in [1.165, 1.54) is 11.6 Å². The number of benzene rings is 2. The smallest absolute Gasteiger partial charge is 0.152 e. The van der Waals surface area contributed by atoms with Crippen LogP contribution in [0, 0.1) is 0 Å². The number of nitrogens with zero attached hydrogens (tertiary/aromatic N) is 3. The molecule has 1 aliphatic heterocycles. The lowest BCUT2D eigenvalue weighted by molar-refractivity contribution is 0.112. The van der Waals surface area contributed by atoms with Crippen molar-refractivity contribution < 1.29 is 9.90 Å². The maximum absolute atomic E-state index is 11.4. The van der Waals surface area contributed by atoms with Gasteiger partial charge in [-0.3, -0.25) is 9.69 Å². The molecular formula is C29H45N5O2. The molecule has 3 atom stereocenters. The van der Waals surface area contributed by atoms with E-state index in [-0.39, 0.29) is 11.8 Å². The van der Waals surface area contributed by atoms with E-state index in [0.717, 1.165) is 51.0 Å². The molecule has 7 heteroatoms. The fourth-order valence-electron chi connectivity index (χ4n) is 4.61. The van der Waals surface area contributed by atoms with Crippen molar-refractivity contribution in [3.8, 4) is 5.75 Å². The predicted molar refractivity (Wildman–Crippen MR) is 151 cm³/mol. The Morgan fingerprint density at radius 2 is 1.86 bits per heavy atom. The molecule has 7 nitrogen and oxygen atoms in total. The van der Waals surface area contributed by atoms with E-state index in [4.69, 9.17) is 4.99 Å². The highest BCUT2D eigenvalue weighted by molar-refractivity contribution is 5.92. The van der Waals surface area contributed by atoms with Crippen LogP contribution in [0.25, 0.3) is 0 Å². The Hall–Kier alpha value is -2.74. The monoisotopic (exact) mass is 495 g/mol. The molecule has 0 aliphatic carbocycles. The quantitative estimate of drug-likeness (QED) is 0.276. The average Bonchev–Trinajstić information content (AvgIpc) is 2.85. The van der Waals surface area contributed by atoms with E-state index in [1.54, 1.807) is 12.1 Å². The zero-order valence-electron chi connectivity index (χ0n) is 22.9. The molecule has 0 bridgehead atoms. The number of carbonyl (C=O) groups excluding carboxylic acids is 1. The highest BCUT2D eigenvalue weighted by atomic mass is 16.3. The molecule has 3 N–H and O–H groups in total. The number of hydrogen-bond donors (Lipinski definition) is 3. The summed E-state index contributed by atoms with van der Waals surface area (Å²) in [6.07, 6.45) is 3.95. The third kappa shape index (κ3) is 9.37. The van der Waals surface area contributed by atoms with Crippen LogP contribution in [0.5, 0.6) is 5.75 Å². The first-order chi connectivity index (χ1) is 17.3. The number of rotatable bonds is 9. The van der Waals surface area contributed by atoms with Crippen molar-refractivity contribution >= 4 is 17.8 Å². The topological polar surface area (TPSA) is 80.2 Å². The van der Waals surface area contributed by atoms with Gasteiger partial charge in [0.05, 0.1) is 11.7 Å². The van der Waals surface area contributed by atoms with Crippen molar-refractivity contribution in [2.24, 2.45) is 4.99 Å². The molecule has 1 fully saturated rings. The number of phenolic OH excluding ortho intramolecular Hbond substituents is 1. The lowest BCUT2D eigenvalue weighted by atomic mass is 10.0. The minimum Gasteiger partial charge on any atom is -0.508 e. The van der Waals surface area contributed by atoms with Crippen molar-refractivity contribution in [3.05, 3.63) is 59.7 Å². The number of hydrogen-bond acceptors (Lipinski definition) is 6. The van der Waals surface area contributed by atoms with Gasteiger partial charge >= 0.3 is 0 Å². The normalized spacial score (nSPS) is 19.2. The Morgan fingerprint density at radius 1 is 1.19 bits per heavy atom. The number of likely N-dealkylation sites (N-methyl/N-ethyl adjacent to an activating group) is 2. The van der Waals surface area contributed by atoms with Crippen LogP contribution in [0.1, 0.15) is 49.5 Å². The van der Waals surface area contributed by atoms with Gasteiger partial charge in [0.2, 0.25) is 0 Å². The number of aromatic hydroxyl groups is 1. The Labute approximate surface area is 217 Å². The van der Waals surface area contributed by atoms with E-state index in [9.17, 15) is 9.90 Å². The fourth-order valence-corrected chi connectivity index (χ4v) is 4.61. The first-order valence-corrected chi connectivity index (χ1v) is 13.0. The molecule has 0 spiro atoms. The second kappa shape index (κ2) is 15.4. The molecule has 2 aromatic carbocycles. The third-order valence-corrected chi connectivity index (χ3v) is 6.23. The number of nitrogens with one attached hydrogen (secondary N) is 2. The Bertz CT molecular complexity index is 938. The summed E-state index contributed by atoms with van der Waals surface area (Å²) in [5.74, 6) is 1.03. The van der Waals surface area contributed by atoms with Crippen molar-refractivity contribution in [2.75, 3.05) is 40.8 Å². The summed E-state index contributed by atoms with van der Waals surface area (Å²) in [5.41, 5.74) is 2.40. The summed E-state index contributed by atoms with van der Waals surface area (Å²) < 4.78 is 0. The maximum Gasteiger partial charge on any atom is 0.152 e. The molecule has 0 radical (unpaired) electrons. The molecular weight excluding hydrogens is 450 g/mol. The molecule has 1 saturated heterocycles. The largest absolute Gasteiger partial charge is 0.508 e. The lowest BCUT2D eigenvalue weighted by Gasteiger charge is -2.42. The SMILES string of the molecule is CCCC(C(=Nc1cc(O)ccc1C=O)N(C)C)N1CC(C)NC(C)C1.CNCCc1ccccc1. The number of piperazine rings is 1. The van der Waals surface area contributed by atoms with Crippen LogP contribution >= 0.6 is 0 Å². The molecule has 1 aliphatic rings. The molecule has 0 saturated carbocycles. The minimum absolute atomic E-state index is 0.115. The Kier molecular flexibility index (Phi) is 12.6. The van der Waals surface area contributed by atoms with Crippen LogP contribution in [0.15, 0.2) is 53.5 Å². The summed E-state index contributed by atoms with van der Waals surface area (Å²) >= 11 is 0. The summed E-state index contributed by atoms with van der Waals surface area (Å²) in [4.78, 5) is 20.7. The molecule has 36 heavy (non-hydrogen) atoms. The van der Waals surface area contributed by atoms with Crippen molar-refractivity contribution in [2.45, 2.75) is 58.2 Å². The summed E-state index contributed by atoms with van der Waals surface area (Å²) in [6.45, 7) is 9.57. The van der Waals surface area contributed by atoms with E-state index in [1.807, 2.05) is 32.1 Å². The average molecular weight is 496 g/mol. The van der Waals surface area contributed by atoms with Crippen LogP contribution < -0.4 is 10.6 Å². The van der Waals surface area contributed by atoms with E-state index in [2.05, 4.69) is 60.6 Å². The molecule has 3 unspecified atom stereocenters. The van der Waals surface area contributed by atoms with Crippen molar-refractivity contribution in [1.82, 2.24) is 20.4 Å².